The Balaban J connectivity index is 0.000000229. The number of rotatable bonds is 5. The molecule has 34 heavy (non-hydrogen) atoms. The molecule has 0 fully saturated rings. The second-order valence-electron chi connectivity index (χ2n) is 6.94. The van der Waals surface area contributed by atoms with Gasteiger partial charge in [0, 0.05) is 5.56 Å². The molecule has 174 valence electrons. The fraction of sp³-hybridized carbons (Fsp3) is 0.0833. The first-order valence-electron chi connectivity index (χ1n) is 10.1. The summed E-state index contributed by atoms with van der Waals surface area (Å²) in [6.45, 7) is 0. The summed E-state index contributed by atoms with van der Waals surface area (Å²) in [7, 11) is 0.975. The Morgan fingerprint density at radius 3 is 2.00 bits per heavy atom. The molecule has 0 saturated heterocycles. The van der Waals surface area contributed by atoms with Gasteiger partial charge in [0.15, 0.2) is 5.82 Å². The van der Waals surface area contributed by atoms with Gasteiger partial charge in [0.1, 0.15) is 28.8 Å². The molecule has 7 nitrogen and oxygen atoms in total. The largest absolute Gasteiger partial charge is 0.497 e. The van der Waals surface area contributed by atoms with Gasteiger partial charge in [-0.05, 0) is 35.9 Å². The van der Waals surface area contributed by atoms with Crippen molar-refractivity contribution in [1.29, 1.82) is 0 Å². The molecule has 0 radical (unpaired) electrons. The number of anilines is 1. The van der Waals surface area contributed by atoms with Gasteiger partial charge in [0.2, 0.25) is 0 Å². The summed E-state index contributed by atoms with van der Waals surface area (Å²) in [5.74, 6) is -0.282. The molecule has 0 saturated carbocycles. The van der Waals surface area contributed by atoms with E-state index in [1.807, 2.05) is 30.3 Å². The van der Waals surface area contributed by atoms with Crippen molar-refractivity contribution in [1.82, 2.24) is 10.2 Å². The molecule has 0 amide bonds. The van der Waals surface area contributed by atoms with Crippen LogP contribution in [0.2, 0.25) is 0 Å². The zero-order chi connectivity index (χ0) is 24.7. The molecule has 0 spiro atoms. The van der Waals surface area contributed by atoms with Crippen LogP contribution in [0.3, 0.4) is 0 Å². The van der Waals surface area contributed by atoms with Crippen molar-refractivity contribution in [2.45, 2.75) is 0 Å². The maximum Gasteiger partial charge on any atom is 0.495 e. The maximum atomic E-state index is 14.2. The molecule has 0 aliphatic rings. The van der Waals surface area contributed by atoms with Crippen molar-refractivity contribution >= 4 is 18.4 Å². The number of hydrogen-bond donors (Lipinski definition) is 3. The van der Waals surface area contributed by atoms with Crippen LogP contribution in [-0.2, 0) is 0 Å². The van der Waals surface area contributed by atoms with E-state index in [9.17, 15) is 8.78 Å². The number of hydrogen-bond acceptors (Lipinski definition) is 7. The van der Waals surface area contributed by atoms with Crippen molar-refractivity contribution in [3.05, 3.63) is 84.4 Å². The molecule has 0 atom stereocenters. The molecule has 4 N–H and O–H groups in total. The van der Waals surface area contributed by atoms with E-state index in [2.05, 4.69) is 10.2 Å². The average Bonchev–Trinajstić information content (AvgIpc) is 2.85. The minimum Gasteiger partial charge on any atom is -0.497 e. The minimum absolute atomic E-state index is 0.130. The van der Waals surface area contributed by atoms with Gasteiger partial charge in [-0.25, -0.2) is 8.78 Å². The number of nitrogen functional groups attached to an aromatic ring is 1. The molecule has 1 aromatic heterocycles. The lowest BCUT2D eigenvalue weighted by molar-refractivity contribution is 0.399. The molecule has 3 aromatic carbocycles. The topological polar surface area (TPSA) is 111 Å². The highest BCUT2D eigenvalue weighted by molar-refractivity contribution is 6.59. The van der Waals surface area contributed by atoms with E-state index in [-0.39, 0.29) is 16.8 Å². The Hall–Kier alpha value is -4.02. The second-order valence-corrected chi connectivity index (χ2v) is 6.94. The standard InChI is InChI=1S/C17H14FN3O.C7H8BFO3/c1-22-15-9-5-8-13(18)16(15)14-10-12(17(19)21-20-14)11-6-3-2-4-7-11;1-12-6-4-2-3-5(9)7(6)8(10)11/h2-10H,1H3,(H2,19,21);2-4,10-11H,1H3. The van der Waals surface area contributed by atoms with Crippen LogP contribution in [0.15, 0.2) is 72.8 Å². The van der Waals surface area contributed by atoms with Gasteiger partial charge in [-0.3, -0.25) is 0 Å². The van der Waals surface area contributed by atoms with E-state index >= 15 is 0 Å². The SMILES string of the molecule is COc1cccc(F)c1-c1cc(-c2ccccc2)c(N)nn1.COc1cccc(F)c1B(O)O. The van der Waals surface area contributed by atoms with Crippen LogP contribution >= 0.6 is 0 Å². The summed E-state index contributed by atoms with van der Waals surface area (Å²) in [5, 5.41) is 25.5. The van der Waals surface area contributed by atoms with Gasteiger partial charge in [0.05, 0.1) is 25.2 Å². The summed E-state index contributed by atoms with van der Waals surface area (Å²) < 4.78 is 37.0. The van der Waals surface area contributed by atoms with Crippen LogP contribution in [0.4, 0.5) is 14.6 Å². The van der Waals surface area contributed by atoms with Gasteiger partial charge in [-0.1, -0.05) is 42.5 Å². The first-order chi connectivity index (χ1) is 16.4. The lowest BCUT2D eigenvalue weighted by atomic mass is 9.79. The van der Waals surface area contributed by atoms with Crippen molar-refractivity contribution in [2.24, 2.45) is 0 Å². The Kier molecular flexibility index (Phi) is 8.12. The van der Waals surface area contributed by atoms with E-state index in [1.165, 1.54) is 32.4 Å². The smallest absolute Gasteiger partial charge is 0.495 e. The third-order valence-corrected chi connectivity index (χ3v) is 4.85. The van der Waals surface area contributed by atoms with Crippen LogP contribution < -0.4 is 20.7 Å². The molecule has 4 aromatic rings. The number of nitrogens with two attached hydrogens (primary N) is 1. The molecular weight excluding hydrogens is 443 g/mol. The molecule has 0 aliphatic heterocycles. The predicted molar refractivity (Wildman–Crippen MR) is 127 cm³/mol. The zero-order valence-corrected chi connectivity index (χ0v) is 18.4. The third-order valence-electron chi connectivity index (χ3n) is 4.85. The highest BCUT2D eigenvalue weighted by atomic mass is 19.1. The Bertz CT molecular complexity index is 1260. The summed E-state index contributed by atoms with van der Waals surface area (Å²) >= 11 is 0. The average molecular weight is 465 g/mol. The second kappa shape index (κ2) is 11.2. The highest BCUT2D eigenvalue weighted by Crippen LogP contribution is 2.34. The lowest BCUT2D eigenvalue weighted by Gasteiger charge is -2.11. The third kappa shape index (κ3) is 5.48. The number of ether oxygens (including phenoxy) is 2. The van der Waals surface area contributed by atoms with Crippen LogP contribution in [-0.4, -0.2) is 41.6 Å². The quantitative estimate of drug-likeness (QED) is 0.389. The van der Waals surface area contributed by atoms with Gasteiger partial charge < -0.3 is 25.3 Å². The fourth-order valence-electron chi connectivity index (χ4n) is 3.24. The van der Waals surface area contributed by atoms with Gasteiger partial charge in [0.25, 0.3) is 0 Å². The van der Waals surface area contributed by atoms with Crippen molar-refractivity contribution in [3.63, 3.8) is 0 Å². The van der Waals surface area contributed by atoms with Gasteiger partial charge in [-0.15, -0.1) is 10.2 Å². The number of benzene rings is 3. The van der Waals surface area contributed by atoms with E-state index in [1.54, 1.807) is 18.2 Å². The maximum absolute atomic E-state index is 14.2. The predicted octanol–water partition coefficient (Wildman–Crippen LogP) is 3.05. The number of methoxy groups -OCH3 is 2. The van der Waals surface area contributed by atoms with Gasteiger partial charge in [-0.2, -0.15) is 0 Å². The van der Waals surface area contributed by atoms with Crippen molar-refractivity contribution in [3.8, 4) is 33.9 Å². The zero-order valence-electron chi connectivity index (χ0n) is 18.4. The number of aromatic nitrogens is 2. The van der Waals surface area contributed by atoms with Crippen LogP contribution in [0.5, 0.6) is 11.5 Å². The lowest BCUT2D eigenvalue weighted by Crippen LogP contribution is -2.33. The number of halogens is 2. The summed E-state index contributed by atoms with van der Waals surface area (Å²) in [4.78, 5) is 0. The van der Waals surface area contributed by atoms with Crippen molar-refractivity contribution in [2.75, 3.05) is 20.0 Å². The first kappa shape index (κ1) is 24.6. The van der Waals surface area contributed by atoms with E-state index in [4.69, 9.17) is 25.3 Å². The van der Waals surface area contributed by atoms with Crippen LogP contribution in [0, 0.1) is 11.6 Å². The van der Waals surface area contributed by atoms with Crippen molar-refractivity contribution < 1.29 is 28.3 Å². The summed E-state index contributed by atoms with van der Waals surface area (Å²) in [6.07, 6.45) is 0. The first-order valence-corrected chi connectivity index (χ1v) is 10.1. The Morgan fingerprint density at radius 1 is 0.794 bits per heavy atom. The summed E-state index contributed by atoms with van der Waals surface area (Å²) in [6, 6.07) is 19.9. The van der Waals surface area contributed by atoms with Crippen LogP contribution in [0.25, 0.3) is 22.4 Å². The molecule has 1 heterocycles. The molecule has 10 heteroatoms. The highest BCUT2D eigenvalue weighted by Gasteiger charge is 2.21. The monoisotopic (exact) mass is 465 g/mol. The molecule has 4 rings (SSSR count). The Labute approximate surface area is 195 Å². The molecular formula is C24H22BF2N3O4. The van der Waals surface area contributed by atoms with E-state index < -0.39 is 18.8 Å². The Morgan fingerprint density at radius 2 is 1.41 bits per heavy atom. The summed E-state index contributed by atoms with van der Waals surface area (Å²) in [5.41, 5.74) is 7.92. The molecule has 0 bridgehead atoms. The van der Waals surface area contributed by atoms with E-state index in [0.29, 0.717) is 22.8 Å². The van der Waals surface area contributed by atoms with E-state index in [0.717, 1.165) is 11.6 Å². The molecule has 0 unspecified atom stereocenters. The molecule has 0 aliphatic carbocycles. The van der Waals surface area contributed by atoms with Crippen LogP contribution in [0.1, 0.15) is 0 Å². The number of nitrogens with zero attached hydrogens (tertiary/aromatic N) is 2. The fourth-order valence-corrected chi connectivity index (χ4v) is 3.24. The van der Waals surface area contributed by atoms with Gasteiger partial charge >= 0.3 is 7.12 Å². The minimum atomic E-state index is -1.85. The normalized spacial score (nSPS) is 10.2.